The summed E-state index contributed by atoms with van der Waals surface area (Å²) in [6.07, 6.45) is 0.447. The van der Waals surface area contributed by atoms with Gasteiger partial charge in [0.1, 0.15) is 4.90 Å². The van der Waals surface area contributed by atoms with E-state index in [1.165, 1.54) is 12.1 Å². The molecule has 0 amide bonds. The molecule has 27 heavy (non-hydrogen) atoms. The number of ketones is 1. The molecule has 0 radical (unpaired) electrons. The molecule has 0 saturated carbocycles. The van der Waals surface area contributed by atoms with Crippen molar-refractivity contribution >= 4 is 26.8 Å². The first kappa shape index (κ1) is 17.0. The van der Waals surface area contributed by atoms with Gasteiger partial charge in [0.15, 0.2) is 6.10 Å². The van der Waals surface area contributed by atoms with Gasteiger partial charge >= 0.3 is 10.1 Å². The topological polar surface area (TPSA) is 109 Å². The number of hydrogen-bond donors (Lipinski definition) is 1. The largest absolute Gasteiger partial charge is 0.460 e. The fourth-order valence-electron chi connectivity index (χ4n) is 2.85. The Morgan fingerprint density at radius 2 is 1.70 bits per heavy atom. The second-order valence-corrected chi connectivity index (χ2v) is 7.37. The zero-order chi connectivity index (χ0) is 19.0. The zero-order valence-electron chi connectivity index (χ0n) is 13.9. The molecule has 0 saturated heterocycles. The van der Waals surface area contributed by atoms with Crippen LogP contribution in [0.5, 0.6) is 0 Å². The van der Waals surface area contributed by atoms with Crippen LogP contribution in [0.2, 0.25) is 0 Å². The van der Waals surface area contributed by atoms with E-state index in [9.17, 15) is 13.2 Å². The van der Waals surface area contributed by atoms with E-state index in [0.717, 1.165) is 0 Å². The molecule has 7 nitrogen and oxygen atoms in total. The van der Waals surface area contributed by atoms with E-state index in [0.29, 0.717) is 16.5 Å². The number of carbonyl (C=O) groups excluding carboxylic acids is 1. The van der Waals surface area contributed by atoms with Gasteiger partial charge in [0.25, 0.3) is 0 Å². The summed E-state index contributed by atoms with van der Waals surface area (Å²) in [6.45, 7) is 0. The lowest BCUT2D eigenvalue weighted by atomic mass is 10.0. The van der Waals surface area contributed by atoms with Gasteiger partial charge in [-0.25, -0.2) is 0 Å². The summed E-state index contributed by atoms with van der Waals surface area (Å²) in [5, 5.41) is 0.707. The van der Waals surface area contributed by atoms with Crippen molar-refractivity contribution in [2.45, 2.75) is 11.0 Å². The van der Waals surface area contributed by atoms with E-state index in [4.69, 9.17) is 14.7 Å². The molecule has 3 aromatic rings. The van der Waals surface area contributed by atoms with Crippen LogP contribution in [0.4, 0.5) is 0 Å². The number of ether oxygens (including phenoxy) is 1. The monoisotopic (exact) mass is 382 g/mol. The van der Waals surface area contributed by atoms with Crippen LogP contribution in [-0.4, -0.2) is 19.2 Å². The van der Waals surface area contributed by atoms with Crippen molar-refractivity contribution in [2.24, 2.45) is 5.73 Å². The molecular formula is C19H14N2O5S. The number of carbonyl (C=O) groups is 1. The number of Topliss-reactive ketones (excluding diaryl/α,β-unsaturated/α-hetero) is 1. The van der Waals surface area contributed by atoms with Crippen molar-refractivity contribution in [3.8, 4) is 0 Å². The minimum absolute atomic E-state index is 0.0871. The van der Waals surface area contributed by atoms with Crippen molar-refractivity contribution in [3.05, 3.63) is 84.1 Å². The molecule has 0 bridgehead atoms. The number of pyridine rings is 1. The van der Waals surface area contributed by atoms with E-state index < -0.39 is 27.8 Å². The number of rotatable bonds is 4. The highest BCUT2D eigenvalue weighted by Crippen LogP contribution is 2.35. The summed E-state index contributed by atoms with van der Waals surface area (Å²) < 4.78 is 35.3. The zero-order valence-corrected chi connectivity index (χ0v) is 14.7. The first-order valence-corrected chi connectivity index (χ1v) is 9.42. The fourth-order valence-corrected chi connectivity index (χ4v) is 3.82. The predicted molar refractivity (Wildman–Crippen MR) is 96.5 cm³/mol. The smallest absolute Gasteiger partial charge is 0.339 e. The third-order valence-electron chi connectivity index (χ3n) is 4.12. The molecule has 1 aliphatic heterocycles. The molecule has 2 N–H and O–H groups in total. The summed E-state index contributed by atoms with van der Waals surface area (Å²) in [5.74, 6) is -1.56. The summed E-state index contributed by atoms with van der Waals surface area (Å²) in [6, 6.07) is 16.3. The molecule has 4 rings (SSSR count). The number of aromatic nitrogens is 1. The first-order chi connectivity index (χ1) is 13.0. The normalized spacial score (nSPS) is 17.2. The second-order valence-electron chi connectivity index (χ2n) is 5.82. The van der Waals surface area contributed by atoms with Gasteiger partial charge in [-0.2, -0.15) is 8.42 Å². The number of nitrogens with zero attached hydrogens (tertiary/aromatic N) is 1. The highest BCUT2D eigenvalue weighted by atomic mass is 32.2. The summed E-state index contributed by atoms with van der Waals surface area (Å²) >= 11 is 0. The van der Waals surface area contributed by atoms with Gasteiger partial charge in [0.2, 0.25) is 17.4 Å². The number of fused-ring (bicyclic) bond motifs is 1. The predicted octanol–water partition coefficient (Wildman–Crippen LogP) is 2.41. The van der Waals surface area contributed by atoms with Crippen molar-refractivity contribution in [1.29, 1.82) is 0 Å². The average molecular weight is 382 g/mol. The van der Waals surface area contributed by atoms with E-state index in [2.05, 4.69) is 4.98 Å². The molecule has 8 heteroatoms. The number of para-hydroxylation sites is 1. The lowest BCUT2D eigenvalue weighted by Gasteiger charge is -2.12. The first-order valence-electron chi connectivity index (χ1n) is 8.01. The van der Waals surface area contributed by atoms with Crippen molar-refractivity contribution < 1.29 is 22.1 Å². The Bertz CT molecular complexity index is 1170. The maximum absolute atomic E-state index is 12.8. The maximum Gasteiger partial charge on any atom is 0.339 e. The minimum Gasteiger partial charge on any atom is -0.460 e. The molecule has 2 heterocycles. The van der Waals surface area contributed by atoms with Crippen LogP contribution in [0.1, 0.15) is 11.7 Å². The van der Waals surface area contributed by atoms with Crippen LogP contribution in [0.25, 0.3) is 10.9 Å². The third-order valence-corrected chi connectivity index (χ3v) is 5.36. The molecule has 1 unspecified atom stereocenters. The Hall–Kier alpha value is -3.39. The maximum atomic E-state index is 12.8. The lowest BCUT2D eigenvalue weighted by molar-refractivity contribution is -0.123. The van der Waals surface area contributed by atoms with Crippen LogP contribution < -0.4 is 5.73 Å². The van der Waals surface area contributed by atoms with Gasteiger partial charge in [-0.3, -0.25) is 9.78 Å². The van der Waals surface area contributed by atoms with Crippen molar-refractivity contribution in [3.63, 3.8) is 0 Å². The highest BCUT2D eigenvalue weighted by molar-refractivity contribution is 7.86. The Kier molecular flexibility index (Phi) is 4.04. The van der Waals surface area contributed by atoms with Crippen molar-refractivity contribution in [1.82, 2.24) is 4.98 Å². The fraction of sp³-hybridized carbons (Fsp3) is 0.0526. The van der Waals surface area contributed by atoms with Crippen molar-refractivity contribution in [2.75, 3.05) is 0 Å². The van der Waals surface area contributed by atoms with Gasteiger partial charge in [0, 0.05) is 17.1 Å². The average Bonchev–Trinajstić information content (AvgIpc) is 2.96. The molecule has 1 aromatic heterocycles. The Morgan fingerprint density at radius 3 is 2.48 bits per heavy atom. The Balaban J connectivity index is 1.68. The van der Waals surface area contributed by atoms with Gasteiger partial charge in [-0.05, 0) is 24.3 Å². The van der Waals surface area contributed by atoms with Crippen LogP contribution in [-0.2, 0) is 23.8 Å². The third kappa shape index (κ3) is 3.00. The van der Waals surface area contributed by atoms with Crippen LogP contribution in [0.15, 0.2) is 83.4 Å². The van der Waals surface area contributed by atoms with E-state index in [1.807, 2.05) is 6.07 Å². The second kappa shape index (κ2) is 6.40. The molecule has 0 aliphatic carbocycles. The summed E-state index contributed by atoms with van der Waals surface area (Å²) in [7, 11) is -4.21. The molecule has 0 fully saturated rings. The number of hydrogen-bond acceptors (Lipinski definition) is 7. The van der Waals surface area contributed by atoms with Gasteiger partial charge in [0.05, 0.1) is 5.52 Å². The quantitative estimate of drug-likeness (QED) is 0.690. The molecule has 136 valence electrons. The van der Waals surface area contributed by atoms with E-state index >= 15 is 0 Å². The molecular weight excluding hydrogens is 368 g/mol. The van der Waals surface area contributed by atoms with Crippen LogP contribution in [0, 0.1) is 0 Å². The number of nitrogens with two attached hydrogens (primary N) is 1. The molecule has 1 aliphatic rings. The minimum atomic E-state index is -4.21. The SMILES string of the molecule is NC1=C(OS(=O)(=O)c2ccccc2)C(=O)C(c2ccnc3ccccc23)O1. The van der Waals surface area contributed by atoms with Gasteiger partial charge in [-0.1, -0.05) is 36.4 Å². The van der Waals surface area contributed by atoms with Crippen LogP contribution >= 0.6 is 0 Å². The summed E-state index contributed by atoms with van der Waals surface area (Å²) in [4.78, 5) is 16.9. The standard InChI is InChI=1S/C19H14N2O5S/c20-19-18(26-27(23,24)12-6-2-1-3-7-12)16(22)17(25-19)14-10-11-21-15-9-5-4-8-13(14)15/h1-11,17H,20H2. The van der Waals surface area contributed by atoms with Gasteiger partial charge in [-0.15, -0.1) is 0 Å². The Morgan fingerprint density at radius 1 is 1.00 bits per heavy atom. The van der Waals surface area contributed by atoms with E-state index in [1.54, 1.807) is 48.7 Å². The van der Waals surface area contributed by atoms with Crippen LogP contribution in [0.3, 0.4) is 0 Å². The summed E-state index contributed by atoms with van der Waals surface area (Å²) in [5.41, 5.74) is 6.97. The van der Waals surface area contributed by atoms with E-state index in [-0.39, 0.29) is 10.8 Å². The molecule has 0 spiro atoms. The van der Waals surface area contributed by atoms with Gasteiger partial charge < -0.3 is 14.7 Å². The highest BCUT2D eigenvalue weighted by Gasteiger charge is 2.40. The molecule has 1 atom stereocenters. The Labute approximate surface area is 155 Å². The lowest BCUT2D eigenvalue weighted by Crippen LogP contribution is -2.15. The number of benzene rings is 2. The molecule has 2 aromatic carbocycles.